The van der Waals surface area contributed by atoms with E-state index in [2.05, 4.69) is 17.5 Å². The summed E-state index contributed by atoms with van der Waals surface area (Å²) >= 11 is 0. The minimum atomic E-state index is 0.834. The van der Waals surface area contributed by atoms with Crippen molar-refractivity contribution in [3.05, 3.63) is 24.0 Å². The molecule has 0 aromatic heterocycles. The van der Waals surface area contributed by atoms with Gasteiger partial charge in [-0.25, -0.2) is 0 Å². The normalized spacial score (nSPS) is 22.1. The number of nitrogens with one attached hydrogen (secondary N) is 1. The Labute approximate surface area is 86.0 Å². The number of hydrogen-bond donors (Lipinski definition) is 1. The number of hydrogen-bond acceptors (Lipinski definition) is 2. The maximum Gasteiger partial charge on any atom is 0.0876 e. The maximum atomic E-state index is 5.26. The van der Waals surface area contributed by atoms with Crippen LogP contribution < -0.4 is 5.32 Å². The summed E-state index contributed by atoms with van der Waals surface area (Å²) in [6.45, 7) is 2.01. The molecule has 1 aliphatic heterocycles. The minimum absolute atomic E-state index is 0.834. The van der Waals surface area contributed by atoms with Gasteiger partial charge in [-0.1, -0.05) is 12.2 Å². The highest BCUT2D eigenvalue weighted by atomic mass is 16.5. The van der Waals surface area contributed by atoms with Gasteiger partial charge < -0.3 is 10.1 Å². The molecule has 2 heteroatoms. The smallest absolute Gasteiger partial charge is 0.0876 e. The van der Waals surface area contributed by atoms with Gasteiger partial charge in [0.2, 0.25) is 0 Å². The summed E-state index contributed by atoms with van der Waals surface area (Å²) in [5.74, 6) is 0. The second-order valence-corrected chi connectivity index (χ2v) is 4.09. The highest BCUT2D eigenvalue weighted by Crippen LogP contribution is 2.18. The minimum Gasteiger partial charge on any atom is -0.501 e. The number of allylic oxidation sites excluding steroid dienone is 2. The standard InChI is InChI=1S/C12H19NO/c1(2-8-13-12-6-7-12)4-11-5-3-9-14-10-11/h1,4,10,12-13H,2-3,5-9H2/b4-1+. The van der Waals surface area contributed by atoms with Gasteiger partial charge in [0.05, 0.1) is 12.9 Å². The molecule has 1 fully saturated rings. The molecule has 78 valence electrons. The summed E-state index contributed by atoms with van der Waals surface area (Å²) < 4.78 is 5.26. The van der Waals surface area contributed by atoms with Gasteiger partial charge in [0.25, 0.3) is 0 Å². The molecule has 2 nitrogen and oxygen atoms in total. The van der Waals surface area contributed by atoms with Gasteiger partial charge in [-0.3, -0.25) is 0 Å². The largest absolute Gasteiger partial charge is 0.501 e. The Morgan fingerprint density at radius 2 is 2.43 bits per heavy atom. The zero-order valence-corrected chi connectivity index (χ0v) is 8.67. The molecule has 2 rings (SSSR count). The van der Waals surface area contributed by atoms with Crippen molar-refractivity contribution in [1.82, 2.24) is 5.32 Å². The predicted molar refractivity (Wildman–Crippen MR) is 58.1 cm³/mol. The number of rotatable bonds is 5. The molecule has 0 saturated heterocycles. The quantitative estimate of drug-likeness (QED) is 0.677. The van der Waals surface area contributed by atoms with Crippen LogP contribution >= 0.6 is 0 Å². The Kier molecular flexibility index (Phi) is 3.64. The second-order valence-electron chi connectivity index (χ2n) is 4.09. The van der Waals surface area contributed by atoms with Crippen LogP contribution in [0.2, 0.25) is 0 Å². The lowest BCUT2D eigenvalue weighted by atomic mass is 10.1. The Hall–Kier alpha value is -0.760. The lowest BCUT2D eigenvalue weighted by Crippen LogP contribution is -2.16. The third-order valence-corrected chi connectivity index (χ3v) is 2.62. The third kappa shape index (κ3) is 3.54. The average Bonchev–Trinajstić information content (AvgIpc) is 3.03. The zero-order chi connectivity index (χ0) is 9.64. The first-order valence-electron chi connectivity index (χ1n) is 5.66. The van der Waals surface area contributed by atoms with Gasteiger partial charge >= 0.3 is 0 Å². The molecule has 1 saturated carbocycles. The van der Waals surface area contributed by atoms with Crippen LogP contribution in [0, 0.1) is 0 Å². The SMILES string of the molecule is C1=C(/C=C/CCNC2CC2)CCCO1. The summed E-state index contributed by atoms with van der Waals surface area (Å²) in [5, 5.41) is 3.49. The van der Waals surface area contributed by atoms with Crippen molar-refractivity contribution in [2.45, 2.75) is 38.1 Å². The van der Waals surface area contributed by atoms with E-state index >= 15 is 0 Å². The van der Waals surface area contributed by atoms with E-state index in [-0.39, 0.29) is 0 Å². The first kappa shape index (κ1) is 9.78. The van der Waals surface area contributed by atoms with Crippen molar-refractivity contribution in [3.63, 3.8) is 0 Å². The number of ether oxygens (including phenoxy) is 1. The van der Waals surface area contributed by atoms with Crippen LogP contribution in [0.4, 0.5) is 0 Å². The monoisotopic (exact) mass is 193 g/mol. The fourth-order valence-corrected chi connectivity index (χ4v) is 1.60. The lowest BCUT2D eigenvalue weighted by molar-refractivity contribution is 0.227. The second kappa shape index (κ2) is 5.20. The van der Waals surface area contributed by atoms with Gasteiger partial charge in [-0.15, -0.1) is 0 Å². The van der Waals surface area contributed by atoms with Crippen molar-refractivity contribution in [2.75, 3.05) is 13.2 Å². The molecule has 2 aliphatic rings. The van der Waals surface area contributed by atoms with E-state index < -0.39 is 0 Å². The molecule has 0 bridgehead atoms. The van der Waals surface area contributed by atoms with Gasteiger partial charge in [-0.05, 0) is 44.2 Å². The van der Waals surface area contributed by atoms with E-state index in [1.54, 1.807) is 0 Å². The molecule has 14 heavy (non-hydrogen) atoms. The first-order valence-corrected chi connectivity index (χ1v) is 5.66. The molecule has 0 unspecified atom stereocenters. The van der Waals surface area contributed by atoms with Gasteiger partial charge in [0.1, 0.15) is 0 Å². The first-order chi connectivity index (χ1) is 6.95. The third-order valence-electron chi connectivity index (χ3n) is 2.62. The van der Waals surface area contributed by atoms with E-state index in [0.717, 1.165) is 32.0 Å². The molecular formula is C12H19NO. The van der Waals surface area contributed by atoms with Gasteiger partial charge in [0.15, 0.2) is 0 Å². The van der Waals surface area contributed by atoms with Crippen LogP contribution in [0.15, 0.2) is 24.0 Å². The van der Waals surface area contributed by atoms with Crippen LogP contribution in [0.5, 0.6) is 0 Å². The lowest BCUT2D eigenvalue weighted by Gasteiger charge is -2.09. The van der Waals surface area contributed by atoms with Crippen LogP contribution in [-0.2, 0) is 4.74 Å². The molecule has 1 aliphatic carbocycles. The van der Waals surface area contributed by atoms with Crippen molar-refractivity contribution < 1.29 is 4.74 Å². The topological polar surface area (TPSA) is 21.3 Å². The van der Waals surface area contributed by atoms with E-state index in [9.17, 15) is 0 Å². The Morgan fingerprint density at radius 3 is 3.14 bits per heavy atom. The van der Waals surface area contributed by atoms with Crippen LogP contribution in [0.3, 0.4) is 0 Å². The zero-order valence-electron chi connectivity index (χ0n) is 8.67. The maximum absolute atomic E-state index is 5.26. The summed E-state index contributed by atoms with van der Waals surface area (Å²) in [6.07, 6.45) is 12.6. The fraction of sp³-hybridized carbons (Fsp3) is 0.667. The Morgan fingerprint density at radius 1 is 1.50 bits per heavy atom. The van der Waals surface area contributed by atoms with Gasteiger partial charge in [-0.2, -0.15) is 0 Å². The van der Waals surface area contributed by atoms with Crippen LogP contribution in [-0.4, -0.2) is 19.2 Å². The molecule has 0 amide bonds. The van der Waals surface area contributed by atoms with Crippen molar-refractivity contribution >= 4 is 0 Å². The molecule has 1 N–H and O–H groups in total. The molecular weight excluding hydrogens is 174 g/mol. The molecule has 1 heterocycles. The van der Waals surface area contributed by atoms with Crippen molar-refractivity contribution in [3.8, 4) is 0 Å². The van der Waals surface area contributed by atoms with Crippen molar-refractivity contribution in [2.24, 2.45) is 0 Å². The van der Waals surface area contributed by atoms with Crippen molar-refractivity contribution in [1.29, 1.82) is 0 Å². The Balaban J connectivity index is 1.58. The van der Waals surface area contributed by atoms with E-state index in [1.165, 1.54) is 24.8 Å². The summed E-state index contributed by atoms with van der Waals surface area (Å²) in [4.78, 5) is 0. The predicted octanol–water partition coefficient (Wildman–Crippen LogP) is 2.38. The summed E-state index contributed by atoms with van der Waals surface area (Å²) in [7, 11) is 0. The highest BCUT2D eigenvalue weighted by molar-refractivity contribution is 5.17. The molecule has 0 radical (unpaired) electrons. The molecule has 0 aromatic carbocycles. The van der Waals surface area contributed by atoms with E-state index in [4.69, 9.17) is 4.74 Å². The summed E-state index contributed by atoms with van der Waals surface area (Å²) in [6, 6.07) is 0.834. The average molecular weight is 193 g/mol. The molecule has 0 aromatic rings. The van der Waals surface area contributed by atoms with E-state index in [1.807, 2.05) is 6.26 Å². The van der Waals surface area contributed by atoms with Crippen LogP contribution in [0.25, 0.3) is 0 Å². The summed E-state index contributed by atoms with van der Waals surface area (Å²) in [5.41, 5.74) is 1.34. The fourth-order valence-electron chi connectivity index (χ4n) is 1.60. The van der Waals surface area contributed by atoms with E-state index in [0.29, 0.717) is 0 Å². The van der Waals surface area contributed by atoms with Crippen LogP contribution in [0.1, 0.15) is 32.1 Å². The highest BCUT2D eigenvalue weighted by Gasteiger charge is 2.19. The molecule has 0 atom stereocenters. The Bertz CT molecular complexity index is 228. The molecule has 0 spiro atoms. The van der Waals surface area contributed by atoms with Gasteiger partial charge in [0, 0.05) is 6.04 Å².